The van der Waals surface area contributed by atoms with E-state index in [2.05, 4.69) is 0 Å². The van der Waals surface area contributed by atoms with Crippen LogP contribution in [0.1, 0.15) is 45.2 Å². The van der Waals surface area contributed by atoms with Gasteiger partial charge in [0.1, 0.15) is 5.75 Å². The fourth-order valence-corrected chi connectivity index (χ4v) is 2.50. The van der Waals surface area contributed by atoms with Crippen LogP contribution in [0.5, 0.6) is 5.75 Å². The normalized spacial score (nSPS) is 19.0. The first-order chi connectivity index (χ1) is 7.91. The van der Waals surface area contributed by atoms with E-state index >= 15 is 0 Å². The van der Waals surface area contributed by atoms with E-state index in [9.17, 15) is 19.8 Å². The molecule has 2 rings (SSSR count). The Morgan fingerprint density at radius 1 is 1.41 bits per heavy atom. The minimum absolute atomic E-state index is 0.0793. The number of phenolic OH excluding ortho intramolecular Hbond substituents is 1. The average Bonchev–Trinajstić information content (AvgIpc) is 2.13. The van der Waals surface area contributed by atoms with Crippen molar-refractivity contribution in [3.05, 3.63) is 28.3 Å². The molecule has 1 aliphatic rings. The molecule has 0 saturated heterocycles. The number of fused-ring (bicyclic) bond motifs is 1. The maximum absolute atomic E-state index is 11.8. The van der Waals surface area contributed by atoms with Gasteiger partial charge in [-0.05, 0) is 37.5 Å². The lowest BCUT2D eigenvalue weighted by molar-refractivity contribution is 0.0852. The number of carbonyl (C=O) groups is 2. The quantitative estimate of drug-likeness (QED) is 0.720. The molecular formula is C13H14O4. The van der Waals surface area contributed by atoms with E-state index in [1.54, 1.807) is 6.92 Å². The summed E-state index contributed by atoms with van der Waals surface area (Å²) in [6.45, 7) is 3.02. The second-order valence-electron chi connectivity index (χ2n) is 4.47. The first-order valence-electron chi connectivity index (χ1n) is 5.49. The SMILES string of the molecule is CC(=O)c1c(O)cc2c(c1C)C(=O)CC(O)C2. The van der Waals surface area contributed by atoms with Gasteiger partial charge in [-0.25, -0.2) is 0 Å². The fourth-order valence-electron chi connectivity index (χ4n) is 2.50. The minimum atomic E-state index is -0.697. The second kappa shape index (κ2) is 3.96. The molecule has 0 radical (unpaired) electrons. The van der Waals surface area contributed by atoms with Crippen LogP contribution in [0.15, 0.2) is 6.07 Å². The Kier molecular flexibility index (Phi) is 2.75. The molecule has 1 atom stereocenters. The molecule has 1 unspecified atom stereocenters. The molecule has 4 nitrogen and oxygen atoms in total. The Morgan fingerprint density at radius 2 is 2.06 bits per heavy atom. The number of aliphatic hydroxyl groups excluding tert-OH is 1. The van der Waals surface area contributed by atoms with Crippen molar-refractivity contribution in [2.75, 3.05) is 0 Å². The summed E-state index contributed by atoms with van der Waals surface area (Å²) in [6.07, 6.45) is -0.277. The van der Waals surface area contributed by atoms with Crippen LogP contribution in [0.4, 0.5) is 0 Å². The molecule has 0 aliphatic heterocycles. The molecule has 0 saturated carbocycles. The van der Waals surface area contributed by atoms with Crippen molar-refractivity contribution < 1.29 is 19.8 Å². The second-order valence-corrected chi connectivity index (χ2v) is 4.47. The van der Waals surface area contributed by atoms with E-state index in [0.29, 0.717) is 23.1 Å². The van der Waals surface area contributed by atoms with Gasteiger partial charge in [0.2, 0.25) is 0 Å². The Morgan fingerprint density at radius 3 is 2.65 bits per heavy atom. The summed E-state index contributed by atoms with van der Waals surface area (Å²) in [7, 11) is 0. The average molecular weight is 234 g/mol. The third-order valence-electron chi connectivity index (χ3n) is 3.15. The van der Waals surface area contributed by atoms with Gasteiger partial charge in [0, 0.05) is 12.0 Å². The summed E-state index contributed by atoms with van der Waals surface area (Å²) < 4.78 is 0. The van der Waals surface area contributed by atoms with Crippen molar-refractivity contribution in [2.24, 2.45) is 0 Å². The first-order valence-corrected chi connectivity index (χ1v) is 5.49. The summed E-state index contributed by atoms with van der Waals surface area (Å²) in [4.78, 5) is 23.3. The first kappa shape index (κ1) is 11.8. The lowest BCUT2D eigenvalue weighted by Crippen LogP contribution is -2.25. The molecule has 90 valence electrons. The summed E-state index contributed by atoms with van der Waals surface area (Å²) >= 11 is 0. The lowest BCUT2D eigenvalue weighted by Gasteiger charge is -2.23. The summed E-state index contributed by atoms with van der Waals surface area (Å²) in [5.41, 5.74) is 1.82. The highest BCUT2D eigenvalue weighted by atomic mass is 16.3. The van der Waals surface area contributed by atoms with Gasteiger partial charge >= 0.3 is 0 Å². The van der Waals surface area contributed by atoms with Gasteiger partial charge in [-0.15, -0.1) is 0 Å². The van der Waals surface area contributed by atoms with Crippen molar-refractivity contribution in [2.45, 2.75) is 32.8 Å². The fraction of sp³-hybridized carbons (Fsp3) is 0.385. The molecule has 2 N–H and O–H groups in total. The van der Waals surface area contributed by atoms with E-state index in [-0.39, 0.29) is 29.3 Å². The highest BCUT2D eigenvalue weighted by molar-refractivity contribution is 6.06. The van der Waals surface area contributed by atoms with Crippen LogP contribution in [0.25, 0.3) is 0 Å². The number of aliphatic hydroxyl groups is 1. The van der Waals surface area contributed by atoms with Crippen LogP contribution >= 0.6 is 0 Å². The van der Waals surface area contributed by atoms with E-state index in [0.717, 1.165) is 0 Å². The van der Waals surface area contributed by atoms with Crippen molar-refractivity contribution in [1.29, 1.82) is 0 Å². The molecular weight excluding hydrogens is 220 g/mol. The van der Waals surface area contributed by atoms with Crippen molar-refractivity contribution in [3.63, 3.8) is 0 Å². The molecule has 0 spiro atoms. The van der Waals surface area contributed by atoms with Gasteiger partial charge in [0.25, 0.3) is 0 Å². The van der Waals surface area contributed by atoms with Gasteiger partial charge in [-0.3, -0.25) is 9.59 Å². The molecule has 4 heteroatoms. The molecule has 1 aliphatic carbocycles. The molecule has 0 heterocycles. The molecule has 17 heavy (non-hydrogen) atoms. The van der Waals surface area contributed by atoms with Gasteiger partial charge < -0.3 is 10.2 Å². The highest BCUT2D eigenvalue weighted by Gasteiger charge is 2.28. The standard InChI is InChI=1S/C13H14O4/c1-6-12(7(2)14)10(16)4-8-3-9(15)5-11(17)13(6)8/h4,9,15-16H,3,5H2,1-2H3. The molecule has 0 amide bonds. The summed E-state index contributed by atoms with van der Waals surface area (Å²) in [5.74, 6) is -0.545. The number of hydrogen-bond acceptors (Lipinski definition) is 4. The number of carbonyl (C=O) groups excluding carboxylic acids is 2. The maximum atomic E-state index is 11.8. The summed E-state index contributed by atoms with van der Waals surface area (Å²) in [5, 5.41) is 19.3. The predicted octanol–water partition coefficient (Wildman–Crippen LogP) is 1.39. The van der Waals surface area contributed by atoms with Gasteiger partial charge in [-0.1, -0.05) is 0 Å². The lowest BCUT2D eigenvalue weighted by atomic mass is 9.83. The third kappa shape index (κ3) is 1.85. The number of benzene rings is 1. The number of Topliss-reactive ketones (excluding diaryl/α,β-unsaturated/α-hetero) is 2. The zero-order chi connectivity index (χ0) is 12.7. The molecule has 1 aromatic carbocycles. The largest absolute Gasteiger partial charge is 0.507 e. The third-order valence-corrected chi connectivity index (χ3v) is 3.15. The van der Waals surface area contributed by atoms with E-state index in [1.807, 2.05) is 0 Å². The zero-order valence-corrected chi connectivity index (χ0v) is 9.78. The summed E-state index contributed by atoms with van der Waals surface area (Å²) in [6, 6.07) is 1.42. The minimum Gasteiger partial charge on any atom is -0.507 e. The van der Waals surface area contributed by atoms with Crippen LogP contribution in [0, 0.1) is 6.92 Å². The van der Waals surface area contributed by atoms with Crippen molar-refractivity contribution >= 4 is 11.6 Å². The van der Waals surface area contributed by atoms with Crippen LogP contribution in [-0.4, -0.2) is 27.9 Å². The van der Waals surface area contributed by atoms with E-state index in [4.69, 9.17) is 0 Å². The highest BCUT2D eigenvalue weighted by Crippen LogP contribution is 2.32. The smallest absolute Gasteiger partial charge is 0.166 e. The molecule has 0 bridgehead atoms. The van der Waals surface area contributed by atoms with Crippen LogP contribution in [-0.2, 0) is 6.42 Å². The van der Waals surface area contributed by atoms with E-state index in [1.165, 1.54) is 13.0 Å². The van der Waals surface area contributed by atoms with Crippen LogP contribution in [0.2, 0.25) is 0 Å². The molecule has 1 aromatic rings. The molecule has 0 aromatic heterocycles. The number of rotatable bonds is 1. The number of ketones is 2. The van der Waals surface area contributed by atoms with Crippen molar-refractivity contribution in [1.82, 2.24) is 0 Å². The predicted molar refractivity (Wildman–Crippen MR) is 61.5 cm³/mol. The Balaban J connectivity index is 2.70. The van der Waals surface area contributed by atoms with Gasteiger partial charge in [-0.2, -0.15) is 0 Å². The van der Waals surface area contributed by atoms with Crippen LogP contribution in [0.3, 0.4) is 0 Å². The van der Waals surface area contributed by atoms with E-state index < -0.39 is 6.10 Å². The number of hydrogen-bond donors (Lipinski definition) is 2. The Hall–Kier alpha value is -1.68. The number of aromatic hydroxyl groups is 1. The monoisotopic (exact) mass is 234 g/mol. The van der Waals surface area contributed by atoms with Crippen LogP contribution < -0.4 is 0 Å². The Labute approximate surface area is 98.9 Å². The molecule has 0 fully saturated rings. The van der Waals surface area contributed by atoms with Crippen molar-refractivity contribution in [3.8, 4) is 5.75 Å². The Bertz CT molecular complexity index is 517. The topological polar surface area (TPSA) is 74.6 Å². The van der Waals surface area contributed by atoms with Gasteiger partial charge in [0.15, 0.2) is 11.6 Å². The number of phenols is 1. The maximum Gasteiger partial charge on any atom is 0.166 e. The zero-order valence-electron chi connectivity index (χ0n) is 9.78. The van der Waals surface area contributed by atoms with Gasteiger partial charge in [0.05, 0.1) is 11.7 Å².